The molecule has 0 fully saturated rings. The van der Waals surface area contributed by atoms with Gasteiger partial charge in [-0.2, -0.15) is 0 Å². The fraction of sp³-hybridized carbons (Fsp3) is 0.292. The molecule has 3 rings (SSSR count). The highest BCUT2D eigenvalue weighted by Gasteiger charge is 2.32. The fourth-order valence-electron chi connectivity index (χ4n) is 3.70. The van der Waals surface area contributed by atoms with Crippen LogP contribution in [0.3, 0.4) is 0 Å². The predicted molar refractivity (Wildman–Crippen MR) is 130 cm³/mol. The average Bonchev–Trinajstić information content (AvgIpc) is 3.24. The summed E-state index contributed by atoms with van der Waals surface area (Å²) < 4.78 is 18.3. The first kappa shape index (κ1) is 26.3. The summed E-state index contributed by atoms with van der Waals surface area (Å²) in [6.07, 6.45) is 0.183. The number of hydrogen-bond donors (Lipinski definition) is 5. The molecule has 0 saturated carbocycles. The molecule has 186 valence electrons. The van der Waals surface area contributed by atoms with Gasteiger partial charge in [-0.25, -0.2) is 0 Å². The maximum Gasteiger partial charge on any atom is 0.328 e. The van der Waals surface area contributed by atoms with Crippen LogP contribution in [0.25, 0.3) is 10.9 Å². The summed E-state index contributed by atoms with van der Waals surface area (Å²) in [5, 5.41) is 12.5. The van der Waals surface area contributed by atoms with Crippen molar-refractivity contribution in [2.24, 2.45) is 5.73 Å². The Bertz CT molecular complexity index is 1230. The molecule has 10 nitrogen and oxygen atoms in total. The number of rotatable bonds is 14. The van der Waals surface area contributed by atoms with E-state index in [1.807, 2.05) is 30.3 Å². The number of fused-ring (bicyclic) bond motifs is 1. The molecule has 0 aliphatic carbocycles. The number of primary amides is 1. The zero-order chi connectivity index (χ0) is 25.4. The first-order chi connectivity index (χ1) is 16.7. The number of carbonyl (C=O) groups is 3. The van der Waals surface area contributed by atoms with Crippen molar-refractivity contribution in [1.29, 1.82) is 0 Å². The largest absolute Gasteiger partial charge is 0.480 e. The summed E-state index contributed by atoms with van der Waals surface area (Å²) >= 11 is 0. The van der Waals surface area contributed by atoms with Crippen molar-refractivity contribution < 1.29 is 33.5 Å². The van der Waals surface area contributed by atoms with E-state index >= 15 is 0 Å². The van der Waals surface area contributed by atoms with Gasteiger partial charge in [0.15, 0.2) is 5.78 Å². The van der Waals surface area contributed by atoms with Crippen molar-refractivity contribution in [2.75, 3.05) is 12.7 Å². The van der Waals surface area contributed by atoms with Crippen LogP contribution in [-0.4, -0.2) is 57.5 Å². The van der Waals surface area contributed by atoms with Gasteiger partial charge in [0.1, 0.15) is 12.1 Å². The van der Waals surface area contributed by atoms with E-state index in [2.05, 4.69) is 10.3 Å². The number of aryl methyl sites for hydroxylation is 1. The topological polar surface area (TPSA) is 172 Å². The van der Waals surface area contributed by atoms with Gasteiger partial charge in [-0.3, -0.25) is 23.5 Å². The van der Waals surface area contributed by atoms with E-state index in [4.69, 9.17) is 10.3 Å². The van der Waals surface area contributed by atoms with E-state index < -0.39 is 50.4 Å². The lowest BCUT2D eigenvalue weighted by Crippen LogP contribution is -2.45. The van der Waals surface area contributed by atoms with Crippen LogP contribution in [0.4, 0.5) is 0 Å². The molecule has 2 unspecified atom stereocenters. The van der Waals surface area contributed by atoms with Crippen LogP contribution in [0.2, 0.25) is 0 Å². The quantitative estimate of drug-likeness (QED) is 0.166. The highest BCUT2D eigenvalue weighted by molar-refractivity contribution is 7.52. The molecule has 0 aliphatic rings. The molecule has 0 spiro atoms. The summed E-state index contributed by atoms with van der Waals surface area (Å²) in [6, 6.07) is 15.1. The monoisotopic (exact) mass is 501 g/mol. The van der Waals surface area contributed by atoms with Gasteiger partial charge < -0.3 is 26.0 Å². The minimum atomic E-state index is -4.22. The second kappa shape index (κ2) is 11.9. The number of aromatic amines is 1. The Hall–Kier alpha value is -3.30. The first-order valence-corrected chi connectivity index (χ1v) is 12.8. The van der Waals surface area contributed by atoms with Crippen molar-refractivity contribution in [1.82, 2.24) is 10.3 Å². The number of carboxylic acids is 1. The standard InChI is InChI=1S/C24H28N3O7P/c25-22(28)13-20(24(30)31)27-15-21(23(29)18-14-26-19-11-5-4-10-17(18)19)34-35(32,33)12-6-9-16-7-2-1-3-8-16/h1-5,7-8,10-11,14,20-21,26-27H,6,9,12-13,15H2,(H2,25,28)(H,30,31)(H,32,33)/t20-,21?/m0/s1. The molecule has 35 heavy (non-hydrogen) atoms. The van der Waals surface area contributed by atoms with Gasteiger partial charge in [0.25, 0.3) is 0 Å². The number of ketones is 1. The summed E-state index contributed by atoms with van der Waals surface area (Å²) in [7, 11) is -4.22. The maximum absolute atomic E-state index is 13.3. The SMILES string of the molecule is NC(=O)C[C@H](NCC(OP(=O)(O)CCCc1ccccc1)C(=O)c1c[nH]c2ccccc12)C(=O)O. The van der Waals surface area contributed by atoms with E-state index in [-0.39, 0.29) is 11.7 Å². The lowest BCUT2D eigenvalue weighted by Gasteiger charge is -2.22. The molecule has 0 saturated heterocycles. The number of para-hydroxylation sites is 1. The maximum atomic E-state index is 13.3. The fourth-order valence-corrected chi connectivity index (χ4v) is 4.93. The minimum Gasteiger partial charge on any atom is -0.480 e. The first-order valence-electron chi connectivity index (χ1n) is 11.1. The number of Topliss-reactive ketones (excluding diaryl/α,β-unsaturated/α-hetero) is 1. The molecule has 0 bridgehead atoms. The Kier molecular flexibility index (Phi) is 8.95. The van der Waals surface area contributed by atoms with Gasteiger partial charge in [-0.15, -0.1) is 0 Å². The number of nitrogens with two attached hydrogens (primary N) is 1. The number of aliphatic carboxylic acids is 1. The molecule has 0 aliphatic heterocycles. The van der Waals surface area contributed by atoms with Crippen molar-refractivity contribution in [2.45, 2.75) is 31.4 Å². The highest BCUT2D eigenvalue weighted by atomic mass is 31.2. The van der Waals surface area contributed by atoms with Gasteiger partial charge in [-0.05, 0) is 24.5 Å². The Morgan fingerprint density at radius 1 is 1.09 bits per heavy atom. The van der Waals surface area contributed by atoms with E-state index in [0.717, 1.165) is 5.56 Å². The number of nitrogens with one attached hydrogen (secondary N) is 2. The lowest BCUT2D eigenvalue weighted by atomic mass is 10.0. The van der Waals surface area contributed by atoms with Crippen LogP contribution < -0.4 is 11.1 Å². The second-order valence-corrected chi connectivity index (χ2v) is 10.1. The van der Waals surface area contributed by atoms with Crippen LogP contribution >= 0.6 is 7.60 Å². The van der Waals surface area contributed by atoms with Crippen molar-refractivity contribution >= 4 is 36.2 Å². The minimum absolute atomic E-state index is 0.191. The Labute approximate surface area is 202 Å². The number of carbonyl (C=O) groups excluding carboxylic acids is 2. The number of H-pyrrole nitrogens is 1. The number of amides is 1. The summed E-state index contributed by atoms with van der Waals surface area (Å²) in [6.45, 7) is -0.411. The van der Waals surface area contributed by atoms with Gasteiger partial charge in [-0.1, -0.05) is 48.5 Å². The predicted octanol–water partition coefficient (Wildman–Crippen LogP) is 2.47. The molecule has 1 heterocycles. The number of hydrogen-bond acceptors (Lipinski definition) is 6. The van der Waals surface area contributed by atoms with Crippen LogP contribution in [0.5, 0.6) is 0 Å². The van der Waals surface area contributed by atoms with Crippen LogP contribution in [0.1, 0.15) is 28.8 Å². The molecule has 1 aromatic heterocycles. The third-order valence-corrected chi connectivity index (χ3v) is 6.91. The third-order valence-electron chi connectivity index (χ3n) is 5.44. The summed E-state index contributed by atoms with van der Waals surface area (Å²) in [5.41, 5.74) is 7.03. The van der Waals surface area contributed by atoms with E-state index in [1.54, 1.807) is 24.3 Å². The molecule has 11 heteroatoms. The number of benzene rings is 2. The molecule has 3 atom stereocenters. The molecule has 2 aromatic carbocycles. The summed E-state index contributed by atoms with van der Waals surface area (Å²) in [5.74, 6) is -2.80. The molecule has 3 aromatic rings. The van der Waals surface area contributed by atoms with Crippen molar-refractivity contribution in [3.8, 4) is 0 Å². The number of aromatic nitrogens is 1. The Balaban J connectivity index is 1.76. The summed E-state index contributed by atoms with van der Waals surface area (Å²) in [4.78, 5) is 49.5. The van der Waals surface area contributed by atoms with Gasteiger partial charge in [0, 0.05) is 29.2 Å². The molecular weight excluding hydrogens is 473 g/mol. The Morgan fingerprint density at radius 3 is 2.46 bits per heavy atom. The van der Waals surface area contributed by atoms with Gasteiger partial charge >= 0.3 is 13.6 Å². The smallest absolute Gasteiger partial charge is 0.328 e. The van der Waals surface area contributed by atoms with Gasteiger partial charge in [0.2, 0.25) is 5.91 Å². The van der Waals surface area contributed by atoms with E-state index in [0.29, 0.717) is 23.7 Å². The van der Waals surface area contributed by atoms with E-state index in [1.165, 1.54) is 6.20 Å². The van der Waals surface area contributed by atoms with E-state index in [9.17, 15) is 28.9 Å². The average molecular weight is 501 g/mol. The zero-order valence-corrected chi connectivity index (χ0v) is 19.8. The second-order valence-electron chi connectivity index (χ2n) is 8.13. The Morgan fingerprint density at radius 2 is 1.77 bits per heavy atom. The molecule has 0 radical (unpaired) electrons. The van der Waals surface area contributed by atoms with Gasteiger partial charge in [0.05, 0.1) is 12.6 Å². The zero-order valence-electron chi connectivity index (χ0n) is 18.9. The highest BCUT2D eigenvalue weighted by Crippen LogP contribution is 2.44. The normalized spacial score (nSPS) is 14.8. The van der Waals surface area contributed by atoms with Crippen molar-refractivity contribution in [3.05, 3.63) is 71.9 Å². The molecule has 1 amide bonds. The molecular formula is C24H28N3O7P. The van der Waals surface area contributed by atoms with Crippen molar-refractivity contribution in [3.63, 3.8) is 0 Å². The van der Waals surface area contributed by atoms with Crippen LogP contribution in [0, 0.1) is 0 Å². The lowest BCUT2D eigenvalue weighted by molar-refractivity contribution is -0.141. The molecule has 6 N–H and O–H groups in total. The number of carboxylic acid groups (broad SMARTS) is 1. The van der Waals surface area contributed by atoms with Crippen LogP contribution in [0.15, 0.2) is 60.8 Å². The third kappa shape index (κ3) is 7.60. The van der Waals surface area contributed by atoms with Crippen LogP contribution in [-0.2, 0) is 25.1 Å².